The zero-order valence-electron chi connectivity index (χ0n) is 15.3. The third kappa shape index (κ3) is 3.53. The first-order valence-corrected chi connectivity index (χ1v) is 8.88. The summed E-state index contributed by atoms with van der Waals surface area (Å²) in [5.41, 5.74) is 1.71. The Bertz CT molecular complexity index is 940. The number of carbonyl (C=O) groups excluding carboxylic acids is 1. The number of aryl methyl sites for hydroxylation is 3. The second-order valence-electron chi connectivity index (χ2n) is 6.60. The average molecular weight is 367 g/mol. The molecule has 2 aromatic heterocycles. The number of carbonyl (C=O) groups is 1. The van der Waals surface area contributed by atoms with Gasteiger partial charge in [0.1, 0.15) is 11.6 Å². The van der Waals surface area contributed by atoms with E-state index >= 15 is 0 Å². The molecule has 27 heavy (non-hydrogen) atoms. The summed E-state index contributed by atoms with van der Waals surface area (Å²) in [6.07, 6.45) is 2.14. The molecule has 4 rings (SSSR count). The predicted molar refractivity (Wildman–Crippen MR) is 98.1 cm³/mol. The third-order valence-corrected chi connectivity index (χ3v) is 4.88. The Morgan fingerprint density at radius 1 is 1.30 bits per heavy atom. The van der Waals surface area contributed by atoms with E-state index < -0.39 is 0 Å². The van der Waals surface area contributed by atoms with Crippen LogP contribution >= 0.6 is 0 Å². The van der Waals surface area contributed by atoms with Gasteiger partial charge in [0.2, 0.25) is 5.91 Å². The van der Waals surface area contributed by atoms with Gasteiger partial charge in [0.05, 0.1) is 12.8 Å². The summed E-state index contributed by atoms with van der Waals surface area (Å²) in [7, 11) is 3.45. The fourth-order valence-electron chi connectivity index (χ4n) is 3.30. The zero-order chi connectivity index (χ0) is 18.8. The first-order chi connectivity index (χ1) is 13.1. The Hall–Kier alpha value is -3.23. The highest BCUT2D eigenvalue weighted by atomic mass is 16.5. The van der Waals surface area contributed by atoms with Gasteiger partial charge in [-0.05, 0) is 35.4 Å². The Kier molecular flexibility index (Phi) is 4.57. The number of tetrazole rings is 1. The molecule has 1 aromatic carbocycles. The molecule has 1 atom stereocenters. The number of aromatic nitrogens is 6. The van der Waals surface area contributed by atoms with E-state index in [2.05, 4.69) is 25.9 Å². The molecular formula is C18H21N7O2. The van der Waals surface area contributed by atoms with Crippen LogP contribution in [0.15, 0.2) is 30.3 Å². The number of hydrogen-bond acceptors (Lipinski definition) is 6. The maximum atomic E-state index is 12.8. The lowest BCUT2D eigenvalue weighted by atomic mass is 9.99. The Morgan fingerprint density at radius 2 is 2.19 bits per heavy atom. The summed E-state index contributed by atoms with van der Waals surface area (Å²) in [5, 5.41) is 19.2. The van der Waals surface area contributed by atoms with Crippen LogP contribution in [0.1, 0.15) is 18.7 Å². The van der Waals surface area contributed by atoms with Crippen molar-refractivity contribution in [2.24, 2.45) is 13.0 Å². The molecule has 0 saturated carbocycles. The normalized spacial score (nSPS) is 16.4. The lowest BCUT2D eigenvalue weighted by Crippen LogP contribution is -2.24. The van der Waals surface area contributed by atoms with Gasteiger partial charge in [0.25, 0.3) is 0 Å². The fourth-order valence-corrected chi connectivity index (χ4v) is 3.30. The van der Waals surface area contributed by atoms with Crippen molar-refractivity contribution < 1.29 is 9.53 Å². The van der Waals surface area contributed by atoms with Crippen molar-refractivity contribution in [2.75, 3.05) is 12.4 Å². The smallest absolute Gasteiger partial charge is 0.228 e. The second kappa shape index (κ2) is 7.18. The number of benzene rings is 1. The number of nitrogens with zero attached hydrogens (tertiary/aromatic N) is 6. The summed E-state index contributed by atoms with van der Waals surface area (Å²) >= 11 is 0. The molecule has 3 aromatic rings. The van der Waals surface area contributed by atoms with Gasteiger partial charge in [-0.15, -0.1) is 5.10 Å². The van der Waals surface area contributed by atoms with E-state index in [1.165, 1.54) is 0 Å². The lowest BCUT2D eigenvalue weighted by molar-refractivity contribution is -0.120. The molecule has 0 spiro atoms. The summed E-state index contributed by atoms with van der Waals surface area (Å²) in [6.45, 7) is 0.654. The van der Waals surface area contributed by atoms with Crippen molar-refractivity contribution in [3.63, 3.8) is 0 Å². The van der Waals surface area contributed by atoms with Crippen LogP contribution in [0, 0.1) is 5.92 Å². The zero-order valence-corrected chi connectivity index (χ0v) is 15.3. The molecule has 1 aliphatic rings. The van der Waals surface area contributed by atoms with Gasteiger partial charge in [0.15, 0.2) is 5.82 Å². The van der Waals surface area contributed by atoms with Crippen molar-refractivity contribution in [2.45, 2.75) is 25.8 Å². The molecule has 1 unspecified atom stereocenters. The molecule has 1 N–H and O–H groups in total. The van der Waals surface area contributed by atoms with Crippen LogP contribution in [0.3, 0.4) is 0 Å². The molecule has 9 heteroatoms. The Labute approximate surface area is 156 Å². The molecule has 3 heterocycles. The molecular weight excluding hydrogens is 346 g/mol. The minimum atomic E-state index is -0.0938. The van der Waals surface area contributed by atoms with Crippen LogP contribution in [0.4, 0.5) is 5.82 Å². The maximum absolute atomic E-state index is 12.8. The number of rotatable bonds is 4. The number of hydrogen-bond donors (Lipinski definition) is 1. The topological polar surface area (TPSA) is 99.8 Å². The van der Waals surface area contributed by atoms with Gasteiger partial charge in [-0.3, -0.25) is 9.48 Å². The highest BCUT2D eigenvalue weighted by molar-refractivity contribution is 5.92. The first kappa shape index (κ1) is 17.2. The minimum Gasteiger partial charge on any atom is -0.497 e. The second-order valence-corrected chi connectivity index (χ2v) is 6.60. The lowest BCUT2D eigenvalue weighted by Gasteiger charge is -2.13. The van der Waals surface area contributed by atoms with E-state index in [0.29, 0.717) is 25.2 Å². The third-order valence-electron chi connectivity index (χ3n) is 4.88. The number of amides is 1. The van der Waals surface area contributed by atoms with Gasteiger partial charge in [0, 0.05) is 37.6 Å². The molecule has 1 aliphatic heterocycles. The van der Waals surface area contributed by atoms with Crippen molar-refractivity contribution in [3.05, 3.63) is 36.2 Å². The molecule has 0 aliphatic carbocycles. The van der Waals surface area contributed by atoms with E-state index in [9.17, 15) is 4.79 Å². The monoisotopic (exact) mass is 367 g/mol. The van der Waals surface area contributed by atoms with Crippen LogP contribution in [0.25, 0.3) is 11.3 Å². The van der Waals surface area contributed by atoms with Gasteiger partial charge in [-0.25, -0.2) is 4.68 Å². The fraction of sp³-hybridized carbons (Fsp3) is 0.389. The van der Waals surface area contributed by atoms with Gasteiger partial charge in [-0.1, -0.05) is 12.1 Å². The Morgan fingerprint density at radius 3 is 3.04 bits per heavy atom. The van der Waals surface area contributed by atoms with Crippen LogP contribution in [-0.2, 0) is 24.8 Å². The number of anilines is 1. The number of nitrogens with one attached hydrogen (secondary N) is 1. The highest BCUT2D eigenvalue weighted by Gasteiger charge is 2.24. The number of methoxy groups -OCH3 is 1. The van der Waals surface area contributed by atoms with Crippen molar-refractivity contribution in [3.8, 4) is 17.0 Å². The molecule has 9 nitrogen and oxygen atoms in total. The van der Waals surface area contributed by atoms with Crippen molar-refractivity contribution >= 4 is 11.7 Å². The summed E-state index contributed by atoms with van der Waals surface area (Å²) < 4.78 is 8.72. The summed E-state index contributed by atoms with van der Waals surface area (Å²) in [4.78, 5) is 12.8. The van der Waals surface area contributed by atoms with Gasteiger partial charge >= 0.3 is 0 Å². The standard InChI is InChI=1S/C18H21N7O2/c1-24-17(11-15(21-24)13-4-3-5-14(10-13)27-2)19-18(26)12-6-7-16-20-22-23-25(16)9-8-12/h3-5,10-12H,6-9H2,1-2H3,(H,19,26). The van der Waals surface area contributed by atoms with Crippen LogP contribution in [0.5, 0.6) is 5.75 Å². The molecule has 0 fully saturated rings. The van der Waals surface area contributed by atoms with E-state index in [1.807, 2.05) is 37.4 Å². The predicted octanol–water partition coefficient (Wildman–Crippen LogP) is 1.67. The van der Waals surface area contributed by atoms with Crippen molar-refractivity contribution in [1.82, 2.24) is 30.0 Å². The van der Waals surface area contributed by atoms with E-state index in [0.717, 1.165) is 29.3 Å². The van der Waals surface area contributed by atoms with Crippen LogP contribution < -0.4 is 10.1 Å². The molecule has 1 amide bonds. The number of fused-ring (bicyclic) bond motifs is 1. The Balaban J connectivity index is 1.47. The molecule has 140 valence electrons. The first-order valence-electron chi connectivity index (χ1n) is 8.88. The minimum absolute atomic E-state index is 0.00564. The largest absolute Gasteiger partial charge is 0.497 e. The molecule has 0 saturated heterocycles. The quantitative estimate of drug-likeness (QED) is 0.753. The van der Waals surface area contributed by atoms with E-state index in [-0.39, 0.29) is 11.8 Å². The average Bonchev–Trinajstić information content (AvgIpc) is 3.23. The number of ether oxygens (including phenoxy) is 1. The molecule has 0 radical (unpaired) electrons. The summed E-state index contributed by atoms with van der Waals surface area (Å²) in [6, 6.07) is 9.56. The van der Waals surface area contributed by atoms with Gasteiger partial charge < -0.3 is 10.1 Å². The maximum Gasteiger partial charge on any atom is 0.228 e. The van der Waals surface area contributed by atoms with E-state index in [1.54, 1.807) is 16.5 Å². The van der Waals surface area contributed by atoms with Crippen LogP contribution in [0.2, 0.25) is 0 Å². The SMILES string of the molecule is COc1cccc(-c2cc(NC(=O)C3CCc4nnnn4CC3)n(C)n2)c1. The summed E-state index contributed by atoms with van der Waals surface area (Å²) in [5.74, 6) is 2.17. The van der Waals surface area contributed by atoms with E-state index in [4.69, 9.17) is 4.74 Å². The molecule has 0 bridgehead atoms. The van der Waals surface area contributed by atoms with Crippen LogP contribution in [-0.4, -0.2) is 43.0 Å². The van der Waals surface area contributed by atoms with Crippen molar-refractivity contribution in [1.29, 1.82) is 0 Å². The van der Waals surface area contributed by atoms with Gasteiger partial charge in [-0.2, -0.15) is 5.10 Å². The highest BCUT2D eigenvalue weighted by Crippen LogP contribution is 2.26.